The maximum absolute atomic E-state index is 11.4. The minimum atomic E-state index is -0.119. The molecule has 0 spiro atoms. The number of amides is 1. The maximum atomic E-state index is 11.4. The van der Waals surface area contributed by atoms with Crippen molar-refractivity contribution >= 4 is 28.9 Å². The molecule has 0 saturated carbocycles. The van der Waals surface area contributed by atoms with Gasteiger partial charge in [0.2, 0.25) is 5.91 Å². The first-order chi connectivity index (χ1) is 8.47. The van der Waals surface area contributed by atoms with E-state index >= 15 is 0 Å². The first-order valence-corrected chi connectivity index (χ1v) is 6.02. The van der Waals surface area contributed by atoms with E-state index in [4.69, 9.17) is 18.0 Å². The van der Waals surface area contributed by atoms with Crippen LogP contribution in [0, 0.1) is 13.8 Å². The third-order valence-corrected chi connectivity index (χ3v) is 2.70. The molecule has 0 radical (unpaired) electrons. The van der Waals surface area contributed by atoms with Crippen LogP contribution in [-0.2, 0) is 4.79 Å². The Morgan fingerprint density at radius 2 is 2.06 bits per heavy atom. The predicted octanol–water partition coefficient (Wildman–Crippen LogP) is 0.276. The highest BCUT2D eigenvalue weighted by Gasteiger charge is 2.14. The molecule has 1 aromatic heterocycles. The van der Waals surface area contributed by atoms with E-state index in [9.17, 15) is 4.79 Å². The predicted molar refractivity (Wildman–Crippen MR) is 74.6 cm³/mol. The van der Waals surface area contributed by atoms with Gasteiger partial charge in [-0.3, -0.25) is 4.79 Å². The molecule has 0 aliphatic rings. The first-order valence-electron chi connectivity index (χ1n) is 5.61. The Kier molecular flexibility index (Phi) is 4.96. The molecular weight excluding hydrogens is 250 g/mol. The molecule has 0 unspecified atom stereocenters. The van der Waals surface area contributed by atoms with Crippen LogP contribution in [0.15, 0.2) is 0 Å². The number of thiocarbonyl (C=S) groups is 1. The fourth-order valence-corrected chi connectivity index (χ4v) is 1.71. The van der Waals surface area contributed by atoms with E-state index in [0.717, 1.165) is 11.3 Å². The van der Waals surface area contributed by atoms with Crippen LogP contribution in [0.5, 0.6) is 0 Å². The molecule has 1 rings (SSSR count). The lowest BCUT2D eigenvalue weighted by molar-refractivity contribution is -0.119. The highest BCUT2D eigenvalue weighted by Crippen LogP contribution is 2.17. The molecule has 1 aromatic rings. The second-order valence-corrected chi connectivity index (χ2v) is 4.25. The van der Waals surface area contributed by atoms with Gasteiger partial charge in [0, 0.05) is 6.54 Å². The number of aromatic nitrogens is 2. The average molecular weight is 267 g/mol. The summed E-state index contributed by atoms with van der Waals surface area (Å²) in [7, 11) is 0. The molecule has 0 fully saturated rings. The number of likely N-dealkylation sites (N-methyl/N-ethyl adjacent to an activating group) is 1. The summed E-state index contributed by atoms with van der Waals surface area (Å²) in [6.07, 6.45) is 0. The number of carbonyl (C=O) groups is 1. The first kappa shape index (κ1) is 14.3. The van der Waals surface area contributed by atoms with Gasteiger partial charge >= 0.3 is 0 Å². The SMILES string of the molecule is CCNC(=O)CNc1nnc(C)c(C)c1C(N)=S. The molecule has 1 amide bonds. The summed E-state index contributed by atoms with van der Waals surface area (Å²) in [5, 5.41) is 13.5. The Morgan fingerprint density at radius 3 is 2.61 bits per heavy atom. The fourth-order valence-electron chi connectivity index (χ4n) is 1.46. The van der Waals surface area contributed by atoms with Crippen LogP contribution < -0.4 is 16.4 Å². The van der Waals surface area contributed by atoms with Crippen LogP contribution >= 0.6 is 12.2 Å². The Balaban J connectivity index is 2.92. The van der Waals surface area contributed by atoms with Gasteiger partial charge in [-0.25, -0.2) is 0 Å². The zero-order valence-corrected chi connectivity index (χ0v) is 11.5. The molecule has 18 heavy (non-hydrogen) atoms. The van der Waals surface area contributed by atoms with Gasteiger partial charge in [0.05, 0.1) is 17.8 Å². The van der Waals surface area contributed by atoms with E-state index < -0.39 is 0 Å². The molecule has 1 heterocycles. The van der Waals surface area contributed by atoms with Crippen molar-refractivity contribution in [3.8, 4) is 0 Å². The van der Waals surface area contributed by atoms with Crippen LogP contribution in [0.1, 0.15) is 23.7 Å². The standard InChI is InChI=1S/C11H17N5OS/c1-4-13-8(17)5-14-11-9(10(12)18)6(2)7(3)15-16-11/h4-5H2,1-3H3,(H2,12,18)(H,13,17)(H,14,16). The molecule has 0 aliphatic heterocycles. The van der Waals surface area contributed by atoms with Crippen LogP contribution in [0.3, 0.4) is 0 Å². The molecule has 6 nitrogen and oxygen atoms in total. The van der Waals surface area contributed by atoms with Crippen molar-refractivity contribution in [3.63, 3.8) is 0 Å². The quantitative estimate of drug-likeness (QED) is 0.663. The zero-order chi connectivity index (χ0) is 13.7. The summed E-state index contributed by atoms with van der Waals surface area (Å²) in [5.74, 6) is 0.322. The number of nitrogens with zero attached hydrogens (tertiary/aromatic N) is 2. The number of anilines is 1. The van der Waals surface area contributed by atoms with E-state index in [1.807, 2.05) is 20.8 Å². The van der Waals surface area contributed by atoms with Crippen molar-refractivity contribution in [1.29, 1.82) is 0 Å². The monoisotopic (exact) mass is 267 g/mol. The lowest BCUT2D eigenvalue weighted by atomic mass is 10.1. The summed E-state index contributed by atoms with van der Waals surface area (Å²) >= 11 is 5.00. The molecule has 0 aliphatic carbocycles. The molecule has 0 aromatic carbocycles. The molecule has 0 atom stereocenters. The van der Waals surface area contributed by atoms with E-state index in [2.05, 4.69) is 20.8 Å². The fraction of sp³-hybridized carbons (Fsp3) is 0.455. The summed E-state index contributed by atoms with van der Waals surface area (Å²) in [4.78, 5) is 11.6. The van der Waals surface area contributed by atoms with Crippen molar-refractivity contribution in [2.45, 2.75) is 20.8 Å². The van der Waals surface area contributed by atoms with Gasteiger partial charge in [-0.05, 0) is 26.3 Å². The van der Waals surface area contributed by atoms with Crippen molar-refractivity contribution in [1.82, 2.24) is 15.5 Å². The summed E-state index contributed by atoms with van der Waals surface area (Å²) in [6, 6.07) is 0. The van der Waals surface area contributed by atoms with Gasteiger partial charge in [-0.2, -0.15) is 5.10 Å². The Morgan fingerprint density at radius 1 is 1.39 bits per heavy atom. The van der Waals surface area contributed by atoms with E-state index in [1.165, 1.54) is 0 Å². The highest BCUT2D eigenvalue weighted by molar-refractivity contribution is 7.80. The number of hydrogen-bond acceptors (Lipinski definition) is 5. The largest absolute Gasteiger partial charge is 0.389 e. The number of rotatable bonds is 5. The van der Waals surface area contributed by atoms with Crippen LogP contribution in [0.2, 0.25) is 0 Å². The zero-order valence-electron chi connectivity index (χ0n) is 10.7. The minimum absolute atomic E-state index is 0.112. The van der Waals surface area contributed by atoms with Crippen LogP contribution in [-0.4, -0.2) is 34.2 Å². The number of nitrogens with one attached hydrogen (secondary N) is 2. The second kappa shape index (κ2) is 6.25. The molecule has 7 heteroatoms. The second-order valence-electron chi connectivity index (χ2n) is 3.81. The van der Waals surface area contributed by atoms with Crippen molar-refractivity contribution in [2.24, 2.45) is 5.73 Å². The van der Waals surface area contributed by atoms with Crippen LogP contribution in [0.4, 0.5) is 5.82 Å². The summed E-state index contributed by atoms with van der Waals surface area (Å²) in [6.45, 7) is 6.25. The van der Waals surface area contributed by atoms with Gasteiger partial charge < -0.3 is 16.4 Å². The van der Waals surface area contributed by atoms with Crippen molar-refractivity contribution in [3.05, 3.63) is 16.8 Å². The van der Waals surface area contributed by atoms with Gasteiger partial charge in [0.15, 0.2) is 5.82 Å². The molecule has 0 saturated heterocycles. The topological polar surface area (TPSA) is 92.9 Å². The van der Waals surface area contributed by atoms with Crippen LogP contribution in [0.25, 0.3) is 0 Å². The minimum Gasteiger partial charge on any atom is -0.389 e. The molecule has 0 bridgehead atoms. The lowest BCUT2D eigenvalue weighted by Crippen LogP contribution is -2.30. The number of carbonyl (C=O) groups excluding carboxylic acids is 1. The van der Waals surface area contributed by atoms with Crippen molar-refractivity contribution < 1.29 is 4.79 Å². The Labute approximate surface area is 111 Å². The number of hydrogen-bond donors (Lipinski definition) is 3. The third-order valence-electron chi connectivity index (χ3n) is 2.49. The van der Waals surface area contributed by atoms with E-state index in [-0.39, 0.29) is 17.4 Å². The van der Waals surface area contributed by atoms with Gasteiger partial charge in [0.1, 0.15) is 4.99 Å². The average Bonchev–Trinajstić information content (AvgIpc) is 2.30. The Hall–Kier alpha value is -1.76. The van der Waals surface area contributed by atoms with E-state index in [1.54, 1.807) is 0 Å². The third kappa shape index (κ3) is 3.36. The Bertz CT molecular complexity index is 475. The number of aryl methyl sites for hydroxylation is 1. The van der Waals surface area contributed by atoms with Gasteiger partial charge in [-0.15, -0.1) is 5.10 Å². The van der Waals surface area contributed by atoms with E-state index in [0.29, 0.717) is 17.9 Å². The van der Waals surface area contributed by atoms with Crippen molar-refractivity contribution in [2.75, 3.05) is 18.4 Å². The lowest BCUT2D eigenvalue weighted by Gasteiger charge is -2.12. The number of nitrogens with two attached hydrogens (primary N) is 1. The van der Waals surface area contributed by atoms with Gasteiger partial charge in [-0.1, -0.05) is 12.2 Å². The highest BCUT2D eigenvalue weighted by atomic mass is 32.1. The van der Waals surface area contributed by atoms with Gasteiger partial charge in [0.25, 0.3) is 0 Å². The smallest absolute Gasteiger partial charge is 0.239 e. The molecule has 4 N–H and O–H groups in total. The normalized spacial score (nSPS) is 9.94. The summed E-state index contributed by atoms with van der Waals surface area (Å²) < 4.78 is 0. The maximum Gasteiger partial charge on any atom is 0.239 e. The summed E-state index contributed by atoms with van der Waals surface area (Å²) in [5.41, 5.74) is 7.95. The molecular formula is C11H17N5OS. The molecule has 98 valence electrons.